The summed E-state index contributed by atoms with van der Waals surface area (Å²) in [7, 11) is 1.68. The standard InChI is InChI=1S/C15H16N2OS/c1-18-13-4-2-3-12(9-13)7-8-17-11-15-6-5-14(10-16)19-15/h2-6,9,17H,7-8,11H2,1H3. The van der Waals surface area contributed by atoms with E-state index >= 15 is 0 Å². The maximum atomic E-state index is 8.75. The van der Waals surface area contributed by atoms with Crippen LogP contribution in [-0.2, 0) is 13.0 Å². The summed E-state index contributed by atoms with van der Waals surface area (Å²) in [5.41, 5.74) is 1.26. The van der Waals surface area contributed by atoms with Gasteiger partial charge in [0.1, 0.15) is 16.7 Å². The highest BCUT2D eigenvalue weighted by atomic mass is 32.1. The Morgan fingerprint density at radius 2 is 2.21 bits per heavy atom. The van der Waals surface area contributed by atoms with Crippen LogP contribution in [0.4, 0.5) is 0 Å². The molecular formula is C15H16N2OS. The first kappa shape index (κ1) is 13.6. The first-order chi connectivity index (χ1) is 9.31. The maximum absolute atomic E-state index is 8.75. The van der Waals surface area contributed by atoms with Crippen LogP contribution in [0.15, 0.2) is 36.4 Å². The zero-order chi connectivity index (χ0) is 13.5. The van der Waals surface area contributed by atoms with Crippen molar-refractivity contribution in [3.63, 3.8) is 0 Å². The molecule has 4 heteroatoms. The molecule has 98 valence electrons. The van der Waals surface area contributed by atoms with Crippen LogP contribution in [0.3, 0.4) is 0 Å². The van der Waals surface area contributed by atoms with Crippen LogP contribution in [-0.4, -0.2) is 13.7 Å². The summed E-state index contributed by atoms with van der Waals surface area (Å²) in [5, 5.41) is 12.1. The van der Waals surface area contributed by atoms with Crippen molar-refractivity contribution in [1.82, 2.24) is 5.32 Å². The number of hydrogen-bond acceptors (Lipinski definition) is 4. The van der Waals surface area contributed by atoms with E-state index < -0.39 is 0 Å². The van der Waals surface area contributed by atoms with E-state index in [9.17, 15) is 0 Å². The number of nitrogens with one attached hydrogen (secondary N) is 1. The zero-order valence-electron chi connectivity index (χ0n) is 10.8. The SMILES string of the molecule is COc1cccc(CCNCc2ccc(C#N)s2)c1. The molecule has 2 aromatic rings. The first-order valence-electron chi connectivity index (χ1n) is 6.14. The third-order valence-electron chi connectivity index (χ3n) is 2.80. The van der Waals surface area contributed by atoms with E-state index in [-0.39, 0.29) is 0 Å². The minimum atomic E-state index is 0.768. The fourth-order valence-corrected chi connectivity index (χ4v) is 2.58. The second kappa shape index (κ2) is 6.93. The van der Waals surface area contributed by atoms with Gasteiger partial charge in [0, 0.05) is 11.4 Å². The maximum Gasteiger partial charge on any atom is 0.119 e. The van der Waals surface area contributed by atoms with Crippen molar-refractivity contribution in [2.75, 3.05) is 13.7 Å². The summed E-state index contributed by atoms with van der Waals surface area (Å²) in [6.07, 6.45) is 0.966. The van der Waals surface area contributed by atoms with E-state index in [0.717, 1.165) is 30.1 Å². The molecule has 1 aromatic heterocycles. The van der Waals surface area contributed by atoms with Crippen molar-refractivity contribution in [2.45, 2.75) is 13.0 Å². The smallest absolute Gasteiger partial charge is 0.119 e. The van der Waals surface area contributed by atoms with Crippen LogP contribution in [0.1, 0.15) is 15.3 Å². The lowest BCUT2D eigenvalue weighted by molar-refractivity contribution is 0.414. The Bertz CT molecular complexity index is 572. The molecule has 1 heterocycles. The van der Waals surface area contributed by atoms with E-state index in [2.05, 4.69) is 23.5 Å². The van der Waals surface area contributed by atoms with Crippen molar-refractivity contribution in [3.05, 3.63) is 51.7 Å². The van der Waals surface area contributed by atoms with E-state index in [1.807, 2.05) is 24.3 Å². The summed E-state index contributed by atoms with van der Waals surface area (Å²) in [5.74, 6) is 0.898. The highest BCUT2D eigenvalue weighted by Gasteiger charge is 1.99. The van der Waals surface area contributed by atoms with Crippen LogP contribution in [0.2, 0.25) is 0 Å². The van der Waals surface area contributed by atoms with Gasteiger partial charge in [-0.15, -0.1) is 11.3 Å². The molecule has 0 bridgehead atoms. The molecule has 0 unspecified atom stereocenters. The van der Waals surface area contributed by atoms with E-state index in [0.29, 0.717) is 0 Å². The normalized spacial score (nSPS) is 10.1. The van der Waals surface area contributed by atoms with Crippen molar-refractivity contribution in [3.8, 4) is 11.8 Å². The van der Waals surface area contributed by atoms with Crippen molar-refractivity contribution >= 4 is 11.3 Å². The molecule has 3 nitrogen and oxygen atoms in total. The lowest BCUT2D eigenvalue weighted by Gasteiger charge is -2.05. The molecule has 1 N–H and O–H groups in total. The van der Waals surface area contributed by atoms with E-state index in [4.69, 9.17) is 10.00 Å². The van der Waals surface area contributed by atoms with Crippen LogP contribution in [0.25, 0.3) is 0 Å². The molecule has 0 atom stereocenters. The predicted octanol–water partition coefficient (Wildman–Crippen LogP) is 2.96. The summed E-state index contributed by atoms with van der Waals surface area (Å²) >= 11 is 1.54. The van der Waals surface area contributed by atoms with Gasteiger partial charge >= 0.3 is 0 Å². The molecule has 1 aromatic carbocycles. The molecule has 0 fully saturated rings. The van der Waals surface area contributed by atoms with Gasteiger partial charge in [-0.1, -0.05) is 12.1 Å². The minimum absolute atomic E-state index is 0.768. The van der Waals surface area contributed by atoms with Gasteiger partial charge in [-0.2, -0.15) is 5.26 Å². The van der Waals surface area contributed by atoms with Crippen LogP contribution in [0, 0.1) is 11.3 Å². The zero-order valence-corrected chi connectivity index (χ0v) is 11.7. The summed E-state index contributed by atoms with van der Waals surface area (Å²) in [6, 6.07) is 14.1. The molecule has 0 saturated heterocycles. The molecule has 2 rings (SSSR count). The number of methoxy groups -OCH3 is 1. The van der Waals surface area contributed by atoms with Gasteiger partial charge in [-0.25, -0.2) is 0 Å². The molecule has 0 aliphatic heterocycles. The molecule has 0 spiro atoms. The van der Waals surface area contributed by atoms with Crippen molar-refractivity contribution < 1.29 is 4.74 Å². The van der Waals surface area contributed by atoms with Gasteiger partial charge < -0.3 is 10.1 Å². The molecule has 0 amide bonds. The largest absolute Gasteiger partial charge is 0.497 e. The minimum Gasteiger partial charge on any atom is -0.497 e. The number of nitriles is 1. The van der Waals surface area contributed by atoms with Gasteiger partial charge in [0.25, 0.3) is 0 Å². The fraction of sp³-hybridized carbons (Fsp3) is 0.267. The molecule has 0 aliphatic carbocycles. The molecule has 0 aliphatic rings. The monoisotopic (exact) mass is 272 g/mol. The highest BCUT2D eigenvalue weighted by molar-refractivity contribution is 7.12. The molecule has 0 radical (unpaired) electrons. The Kier molecular flexibility index (Phi) is 4.96. The lowest BCUT2D eigenvalue weighted by atomic mass is 10.1. The number of nitrogens with zero attached hydrogens (tertiary/aromatic N) is 1. The Balaban J connectivity index is 1.76. The molecule has 0 saturated carbocycles. The number of benzene rings is 1. The van der Waals surface area contributed by atoms with Crippen LogP contribution in [0.5, 0.6) is 5.75 Å². The summed E-state index contributed by atoms with van der Waals surface area (Å²) in [4.78, 5) is 1.96. The third-order valence-corrected chi connectivity index (χ3v) is 3.79. The van der Waals surface area contributed by atoms with Gasteiger partial charge in [0.15, 0.2) is 0 Å². The molecule has 19 heavy (non-hydrogen) atoms. The van der Waals surface area contributed by atoms with Gasteiger partial charge in [0.05, 0.1) is 7.11 Å². The summed E-state index contributed by atoms with van der Waals surface area (Å²) in [6.45, 7) is 1.73. The van der Waals surface area contributed by atoms with Crippen molar-refractivity contribution in [1.29, 1.82) is 5.26 Å². The number of hydrogen-bond donors (Lipinski definition) is 1. The number of rotatable bonds is 6. The number of ether oxygens (including phenoxy) is 1. The average Bonchev–Trinajstić information content (AvgIpc) is 2.92. The van der Waals surface area contributed by atoms with Gasteiger partial charge in [-0.3, -0.25) is 0 Å². The third kappa shape index (κ3) is 4.09. The average molecular weight is 272 g/mol. The topological polar surface area (TPSA) is 45.0 Å². The number of thiophene rings is 1. The van der Waals surface area contributed by atoms with Crippen LogP contribution >= 0.6 is 11.3 Å². The Labute approximate surface area is 117 Å². The Hall–Kier alpha value is -1.83. The van der Waals surface area contributed by atoms with Crippen LogP contribution < -0.4 is 10.1 Å². The van der Waals surface area contributed by atoms with Crippen molar-refractivity contribution in [2.24, 2.45) is 0 Å². The van der Waals surface area contributed by atoms with E-state index in [1.54, 1.807) is 18.4 Å². The first-order valence-corrected chi connectivity index (χ1v) is 6.96. The lowest BCUT2D eigenvalue weighted by Crippen LogP contribution is -2.15. The predicted molar refractivity (Wildman–Crippen MR) is 77.4 cm³/mol. The molecular weight excluding hydrogens is 256 g/mol. The second-order valence-corrected chi connectivity index (χ2v) is 5.32. The Morgan fingerprint density at radius 1 is 1.32 bits per heavy atom. The highest BCUT2D eigenvalue weighted by Crippen LogP contribution is 2.15. The summed E-state index contributed by atoms with van der Waals surface area (Å²) < 4.78 is 5.20. The van der Waals surface area contributed by atoms with Gasteiger partial charge in [-0.05, 0) is 42.8 Å². The van der Waals surface area contributed by atoms with E-state index in [1.165, 1.54) is 10.4 Å². The second-order valence-electron chi connectivity index (χ2n) is 4.16. The quantitative estimate of drug-likeness (QED) is 0.822. The Morgan fingerprint density at radius 3 is 2.95 bits per heavy atom. The fourth-order valence-electron chi connectivity index (χ4n) is 1.81. The van der Waals surface area contributed by atoms with Gasteiger partial charge in [0.2, 0.25) is 0 Å².